The zero-order valence-corrected chi connectivity index (χ0v) is 11.7. The van der Waals surface area contributed by atoms with E-state index < -0.39 is 25.9 Å². The number of anilines is 1. The van der Waals surface area contributed by atoms with Crippen LogP contribution in [0.1, 0.15) is 12.8 Å². The topological polar surface area (TPSA) is 119 Å². The Morgan fingerprint density at radius 3 is 2.79 bits per heavy atom. The first kappa shape index (κ1) is 14.2. The van der Waals surface area contributed by atoms with E-state index >= 15 is 0 Å². The average molecular weight is 305 g/mol. The van der Waals surface area contributed by atoms with E-state index in [4.69, 9.17) is 5.73 Å². The van der Waals surface area contributed by atoms with Crippen LogP contribution in [0.2, 0.25) is 0 Å². The Morgan fingerprint density at radius 1 is 1.42 bits per heavy atom. The van der Waals surface area contributed by atoms with Crippen molar-refractivity contribution < 1.29 is 16.8 Å². The van der Waals surface area contributed by atoms with Crippen molar-refractivity contribution in [2.75, 3.05) is 17.2 Å². The maximum absolute atomic E-state index is 12.1. The molecule has 7 nitrogen and oxygen atoms in total. The molecule has 0 amide bonds. The van der Waals surface area contributed by atoms with E-state index in [1.165, 1.54) is 12.3 Å². The van der Waals surface area contributed by atoms with Gasteiger partial charge in [-0.05, 0) is 18.9 Å². The lowest BCUT2D eigenvalue weighted by molar-refractivity contribution is 0.517. The van der Waals surface area contributed by atoms with Crippen LogP contribution in [0.4, 0.5) is 5.69 Å². The average Bonchev–Trinajstić information content (AvgIpc) is 2.27. The summed E-state index contributed by atoms with van der Waals surface area (Å²) in [7, 11) is -7.01. The number of rotatable bonds is 3. The smallest absolute Gasteiger partial charge is 0.244 e. The molecule has 3 N–H and O–H groups in total. The highest BCUT2D eigenvalue weighted by Gasteiger charge is 2.29. The Morgan fingerprint density at radius 2 is 2.16 bits per heavy atom. The van der Waals surface area contributed by atoms with E-state index in [-0.39, 0.29) is 22.1 Å². The van der Waals surface area contributed by atoms with Gasteiger partial charge in [-0.2, -0.15) is 0 Å². The molecular formula is C10H15N3O4S2. The van der Waals surface area contributed by atoms with Crippen LogP contribution in [0.25, 0.3) is 0 Å². The Balaban J connectivity index is 2.21. The van der Waals surface area contributed by atoms with Crippen LogP contribution in [0.5, 0.6) is 0 Å². The molecule has 1 fully saturated rings. The van der Waals surface area contributed by atoms with E-state index in [9.17, 15) is 16.8 Å². The minimum atomic E-state index is -3.84. The molecule has 1 aliphatic rings. The van der Waals surface area contributed by atoms with E-state index in [1.807, 2.05) is 0 Å². The van der Waals surface area contributed by atoms with Crippen LogP contribution in [0.3, 0.4) is 0 Å². The van der Waals surface area contributed by atoms with Crippen molar-refractivity contribution in [3.63, 3.8) is 0 Å². The van der Waals surface area contributed by atoms with Gasteiger partial charge in [0.2, 0.25) is 10.0 Å². The monoisotopic (exact) mass is 305 g/mol. The molecule has 1 atom stereocenters. The van der Waals surface area contributed by atoms with Crippen LogP contribution < -0.4 is 10.5 Å². The third-order valence-corrected chi connectivity index (χ3v) is 6.28. The van der Waals surface area contributed by atoms with Gasteiger partial charge in [0, 0.05) is 18.4 Å². The van der Waals surface area contributed by atoms with E-state index in [0.717, 1.165) is 6.20 Å². The third-order valence-electron chi connectivity index (χ3n) is 2.89. The van der Waals surface area contributed by atoms with Gasteiger partial charge in [-0.15, -0.1) is 0 Å². The first-order valence-electron chi connectivity index (χ1n) is 5.72. The first-order chi connectivity index (χ1) is 8.80. The summed E-state index contributed by atoms with van der Waals surface area (Å²) >= 11 is 0. The number of nitrogen functional groups attached to an aromatic ring is 1. The molecule has 1 aromatic heterocycles. The molecule has 1 saturated heterocycles. The molecule has 0 aliphatic carbocycles. The molecule has 0 radical (unpaired) electrons. The molecule has 0 saturated carbocycles. The number of sulfonamides is 1. The number of aromatic nitrogens is 1. The number of nitrogens with zero attached hydrogens (tertiary/aromatic N) is 1. The fourth-order valence-electron chi connectivity index (χ4n) is 2.01. The van der Waals surface area contributed by atoms with Gasteiger partial charge in [-0.25, -0.2) is 21.6 Å². The van der Waals surface area contributed by atoms with Crippen molar-refractivity contribution in [3.05, 3.63) is 18.5 Å². The SMILES string of the molecule is Nc1ccncc1S(=O)(=O)NC1CCCS(=O)(=O)C1. The highest BCUT2D eigenvalue weighted by molar-refractivity contribution is 7.91. The summed E-state index contributed by atoms with van der Waals surface area (Å²) in [5, 5.41) is 0. The molecule has 2 rings (SSSR count). The Kier molecular flexibility index (Phi) is 3.79. The largest absolute Gasteiger partial charge is 0.398 e. The normalized spacial score (nSPS) is 23.1. The molecule has 9 heteroatoms. The molecule has 1 aliphatic heterocycles. The Bertz CT molecular complexity index is 670. The first-order valence-corrected chi connectivity index (χ1v) is 9.03. The van der Waals surface area contributed by atoms with Crippen molar-refractivity contribution in [1.29, 1.82) is 0 Å². The third kappa shape index (κ3) is 3.43. The number of pyridine rings is 1. The van der Waals surface area contributed by atoms with Crippen molar-refractivity contribution in [2.24, 2.45) is 0 Å². The summed E-state index contributed by atoms with van der Waals surface area (Å²) in [5.74, 6) is -0.0628. The number of sulfone groups is 1. The minimum absolute atomic E-state index is 0.0844. The van der Waals surface area contributed by atoms with Gasteiger partial charge in [0.1, 0.15) is 4.90 Å². The van der Waals surface area contributed by atoms with Crippen LogP contribution in [0.15, 0.2) is 23.4 Å². The second-order valence-electron chi connectivity index (χ2n) is 4.49. The minimum Gasteiger partial charge on any atom is -0.398 e. The summed E-state index contributed by atoms with van der Waals surface area (Å²) < 4.78 is 49.6. The van der Waals surface area contributed by atoms with Gasteiger partial charge >= 0.3 is 0 Å². The van der Waals surface area contributed by atoms with Crippen molar-refractivity contribution in [2.45, 2.75) is 23.8 Å². The molecule has 1 aromatic rings. The summed E-state index contributed by atoms with van der Waals surface area (Å²) in [4.78, 5) is 3.59. The number of hydrogen-bond donors (Lipinski definition) is 2. The molecule has 0 bridgehead atoms. The predicted octanol–water partition coefficient (Wildman–Crippen LogP) is -0.481. The summed E-state index contributed by atoms with van der Waals surface area (Å²) in [6.07, 6.45) is 3.49. The molecule has 106 valence electrons. The van der Waals surface area contributed by atoms with E-state index in [1.54, 1.807) is 0 Å². The molecular weight excluding hydrogens is 290 g/mol. The quantitative estimate of drug-likeness (QED) is 0.778. The van der Waals surface area contributed by atoms with Gasteiger partial charge in [0.05, 0.1) is 17.2 Å². The fourth-order valence-corrected chi connectivity index (χ4v) is 5.10. The van der Waals surface area contributed by atoms with Crippen LogP contribution in [-0.4, -0.2) is 39.4 Å². The van der Waals surface area contributed by atoms with Crippen LogP contribution in [0, 0.1) is 0 Å². The molecule has 0 spiro atoms. The van der Waals surface area contributed by atoms with Crippen molar-refractivity contribution in [1.82, 2.24) is 9.71 Å². The molecule has 0 aromatic carbocycles. The Labute approximate surface area is 112 Å². The molecule has 19 heavy (non-hydrogen) atoms. The van der Waals surface area contributed by atoms with Gasteiger partial charge < -0.3 is 5.73 Å². The highest BCUT2D eigenvalue weighted by atomic mass is 32.2. The van der Waals surface area contributed by atoms with Crippen molar-refractivity contribution >= 4 is 25.5 Å². The lowest BCUT2D eigenvalue weighted by Crippen LogP contribution is -2.43. The van der Waals surface area contributed by atoms with E-state index in [2.05, 4.69) is 9.71 Å². The fraction of sp³-hybridized carbons (Fsp3) is 0.500. The highest BCUT2D eigenvalue weighted by Crippen LogP contribution is 2.19. The standard InChI is InChI=1S/C10H15N3O4S2/c11-9-3-4-12-6-10(9)19(16,17)13-8-2-1-5-18(14,15)7-8/h3-4,6,8,13H,1-2,5,7H2,(H2,11,12). The summed E-state index contributed by atoms with van der Waals surface area (Å²) in [6, 6.07) is 0.773. The van der Waals surface area contributed by atoms with Gasteiger partial charge in [-0.1, -0.05) is 0 Å². The van der Waals surface area contributed by atoms with Gasteiger partial charge in [0.25, 0.3) is 0 Å². The second kappa shape index (κ2) is 5.06. The summed E-state index contributed by atoms with van der Waals surface area (Å²) in [5.41, 5.74) is 5.67. The number of nitrogens with one attached hydrogen (secondary N) is 1. The maximum atomic E-state index is 12.1. The van der Waals surface area contributed by atoms with E-state index in [0.29, 0.717) is 12.8 Å². The van der Waals surface area contributed by atoms with Crippen LogP contribution in [-0.2, 0) is 19.9 Å². The lowest BCUT2D eigenvalue weighted by atomic mass is 10.2. The van der Waals surface area contributed by atoms with Crippen molar-refractivity contribution in [3.8, 4) is 0 Å². The summed E-state index contributed by atoms with van der Waals surface area (Å²) in [6.45, 7) is 0. The van der Waals surface area contributed by atoms with Gasteiger partial charge in [0.15, 0.2) is 9.84 Å². The maximum Gasteiger partial charge on any atom is 0.244 e. The lowest BCUT2D eigenvalue weighted by Gasteiger charge is -2.23. The molecule has 1 unspecified atom stereocenters. The zero-order chi connectivity index (χ0) is 14.1. The van der Waals surface area contributed by atoms with Crippen LogP contribution >= 0.6 is 0 Å². The Hall–Kier alpha value is -1.19. The predicted molar refractivity (Wildman–Crippen MR) is 70.6 cm³/mol. The second-order valence-corrected chi connectivity index (χ2v) is 8.40. The molecule has 2 heterocycles. The number of nitrogens with two attached hydrogens (primary N) is 1. The zero-order valence-electron chi connectivity index (χ0n) is 10.1. The number of hydrogen-bond acceptors (Lipinski definition) is 6. The van der Waals surface area contributed by atoms with Gasteiger partial charge in [-0.3, -0.25) is 4.98 Å².